The van der Waals surface area contributed by atoms with E-state index in [1.54, 1.807) is 0 Å². The quantitative estimate of drug-likeness (QED) is 0.321. The zero-order valence-electron chi connectivity index (χ0n) is 10.4. The summed E-state index contributed by atoms with van der Waals surface area (Å²) in [5, 5.41) is 24.9. The molecule has 1 aromatic rings. The van der Waals surface area contributed by atoms with Crippen molar-refractivity contribution in [1.82, 2.24) is 0 Å². The molecule has 0 aliphatic rings. The molecule has 0 spiro atoms. The van der Waals surface area contributed by atoms with Crippen LogP contribution in [-0.2, 0) is 4.79 Å². The Labute approximate surface area is 122 Å². The van der Waals surface area contributed by atoms with Crippen LogP contribution in [-0.4, -0.2) is 28.2 Å². The lowest BCUT2D eigenvalue weighted by Crippen LogP contribution is -2.21. The molecule has 1 aromatic carbocycles. The summed E-state index contributed by atoms with van der Waals surface area (Å²) in [5.41, 5.74) is 10.8. The molecule has 20 heavy (non-hydrogen) atoms. The van der Waals surface area contributed by atoms with Crippen molar-refractivity contribution < 1.29 is 14.8 Å². The van der Waals surface area contributed by atoms with E-state index in [-0.39, 0.29) is 11.6 Å². The number of non-ortho nitro benzene ring substituents is 1. The fourth-order valence-corrected chi connectivity index (χ4v) is 1.36. The summed E-state index contributed by atoms with van der Waals surface area (Å²) in [6.45, 7) is 1.08. The Balaban J connectivity index is 0.000000796. The predicted molar refractivity (Wildman–Crippen MR) is 77.5 cm³/mol. The predicted octanol–water partition coefficient (Wildman–Crippen LogP) is 1.06. The lowest BCUT2D eigenvalue weighted by Gasteiger charge is -1.96. The SMILES string of the molecule is CC(=O)O.NC(N)=N/N=C/c1ccc([N+](=O)[O-])cc1Br. The van der Waals surface area contributed by atoms with Crippen molar-refractivity contribution in [3.63, 3.8) is 0 Å². The van der Waals surface area contributed by atoms with Gasteiger partial charge in [-0.25, -0.2) is 0 Å². The molecule has 10 heteroatoms. The summed E-state index contributed by atoms with van der Waals surface area (Å²) in [7, 11) is 0. The van der Waals surface area contributed by atoms with Gasteiger partial charge in [-0.05, 0) is 22.0 Å². The standard InChI is InChI=1S/C8H8BrN5O2.C2H4O2/c9-7-3-6(14(15)16)2-1-5(7)4-12-13-8(10)11;1-2(3)4/h1-4H,(H4,10,11,13);1H3,(H,3,4)/b12-4+;. The number of nitrogens with two attached hydrogens (primary N) is 2. The average Bonchev–Trinajstić information content (AvgIpc) is 2.29. The molecule has 0 saturated carbocycles. The molecular formula is C10H12BrN5O4. The highest BCUT2D eigenvalue weighted by Crippen LogP contribution is 2.21. The summed E-state index contributed by atoms with van der Waals surface area (Å²) in [4.78, 5) is 19.0. The van der Waals surface area contributed by atoms with Crippen LogP contribution in [0.4, 0.5) is 5.69 Å². The summed E-state index contributed by atoms with van der Waals surface area (Å²) >= 11 is 3.18. The molecule has 0 radical (unpaired) electrons. The van der Waals surface area contributed by atoms with E-state index >= 15 is 0 Å². The number of nitrogens with zero attached hydrogens (tertiary/aromatic N) is 3. The van der Waals surface area contributed by atoms with Crippen LogP contribution < -0.4 is 11.5 Å². The number of benzene rings is 1. The van der Waals surface area contributed by atoms with E-state index in [9.17, 15) is 10.1 Å². The molecule has 0 saturated heterocycles. The second-order valence-electron chi connectivity index (χ2n) is 3.25. The number of carbonyl (C=O) groups is 1. The summed E-state index contributed by atoms with van der Waals surface area (Å²) in [5.74, 6) is -0.991. The molecule has 0 atom stereocenters. The first-order valence-electron chi connectivity index (χ1n) is 4.99. The van der Waals surface area contributed by atoms with E-state index in [0.29, 0.717) is 10.0 Å². The minimum atomic E-state index is -0.833. The maximum absolute atomic E-state index is 10.5. The van der Waals surface area contributed by atoms with Crippen LogP contribution in [0.5, 0.6) is 0 Å². The monoisotopic (exact) mass is 345 g/mol. The van der Waals surface area contributed by atoms with Crippen LogP contribution in [0.2, 0.25) is 0 Å². The van der Waals surface area contributed by atoms with Gasteiger partial charge in [-0.3, -0.25) is 14.9 Å². The molecule has 5 N–H and O–H groups in total. The molecule has 9 nitrogen and oxygen atoms in total. The number of hydrogen-bond acceptors (Lipinski definition) is 5. The van der Waals surface area contributed by atoms with Crippen molar-refractivity contribution in [1.29, 1.82) is 0 Å². The van der Waals surface area contributed by atoms with E-state index in [1.165, 1.54) is 24.4 Å². The third kappa shape index (κ3) is 7.76. The first kappa shape index (κ1) is 17.5. The topological polar surface area (TPSA) is 157 Å². The van der Waals surface area contributed by atoms with Crippen molar-refractivity contribution in [3.8, 4) is 0 Å². The summed E-state index contributed by atoms with van der Waals surface area (Å²) in [6, 6.07) is 4.27. The van der Waals surface area contributed by atoms with Gasteiger partial charge in [0.1, 0.15) is 0 Å². The number of carboxylic acids is 1. The van der Waals surface area contributed by atoms with Crippen molar-refractivity contribution in [3.05, 3.63) is 38.3 Å². The van der Waals surface area contributed by atoms with Gasteiger partial charge in [0.05, 0.1) is 11.1 Å². The van der Waals surface area contributed by atoms with Crippen LogP contribution >= 0.6 is 15.9 Å². The highest BCUT2D eigenvalue weighted by molar-refractivity contribution is 9.10. The number of nitro groups is 1. The number of hydrogen-bond donors (Lipinski definition) is 3. The summed E-state index contributed by atoms with van der Waals surface area (Å²) in [6.07, 6.45) is 1.38. The number of rotatable bonds is 3. The van der Waals surface area contributed by atoms with Crippen molar-refractivity contribution in [2.45, 2.75) is 6.92 Å². The fraction of sp³-hybridized carbons (Fsp3) is 0.100. The van der Waals surface area contributed by atoms with E-state index < -0.39 is 10.9 Å². The van der Waals surface area contributed by atoms with E-state index in [1.807, 2.05) is 0 Å². The Morgan fingerprint density at radius 3 is 2.45 bits per heavy atom. The number of carboxylic acid groups (broad SMARTS) is 1. The maximum atomic E-state index is 10.5. The summed E-state index contributed by atoms with van der Waals surface area (Å²) < 4.78 is 0.538. The molecular weight excluding hydrogens is 334 g/mol. The van der Waals surface area contributed by atoms with Gasteiger partial charge in [-0.1, -0.05) is 0 Å². The second kappa shape index (κ2) is 8.58. The Hall–Kier alpha value is -2.49. The Morgan fingerprint density at radius 1 is 1.50 bits per heavy atom. The van der Waals surface area contributed by atoms with E-state index in [2.05, 4.69) is 26.1 Å². The van der Waals surface area contributed by atoms with Crippen LogP contribution in [0.15, 0.2) is 32.9 Å². The molecule has 0 aromatic heterocycles. The first-order valence-corrected chi connectivity index (χ1v) is 5.78. The van der Waals surface area contributed by atoms with Crippen molar-refractivity contribution >= 4 is 39.8 Å². The van der Waals surface area contributed by atoms with Gasteiger partial charge in [-0.2, -0.15) is 5.10 Å². The largest absolute Gasteiger partial charge is 0.481 e. The third-order valence-corrected chi connectivity index (χ3v) is 2.25. The average molecular weight is 346 g/mol. The maximum Gasteiger partial charge on any atom is 0.300 e. The van der Waals surface area contributed by atoms with Gasteiger partial charge in [0.15, 0.2) is 0 Å². The highest BCUT2D eigenvalue weighted by atomic mass is 79.9. The van der Waals surface area contributed by atoms with Crippen LogP contribution in [0.25, 0.3) is 0 Å². The molecule has 0 aliphatic heterocycles. The number of halogens is 1. The highest BCUT2D eigenvalue weighted by Gasteiger charge is 2.07. The molecule has 0 fully saturated rings. The molecule has 0 bridgehead atoms. The minimum absolute atomic E-state index is 0.00846. The molecule has 1 rings (SSSR count). The normalized spacial score (nSPS) is 9.50. The Morgan fingerprint density at radius 2 is 2.05 bits per heavy atom. The lowest BCUT2D eigenvalue weighted by atomic mass is 10.2. The molecule has 0 aliphatic carbocycles. The zero-order chi connectivity index (χ0) is 15.7. The molecule has 0 unspecified atom stereocenters. The minimum Gasteiger partial charge on any atom is -0.481 e. The number of guanidine groups is 1. The van der Waals surface area contributed by atoms with Gasteiger partial charge in [0, 0.05) is 29.1 Å². The van der Waals surface area contributed by atoms with Gasteiger partial charge in [-0.15, -0.1) is 5.10 Å². The van der Waals surface area contributed by atoms with Crippen LogP contribution in [0.3, 0.4) is 0 Å². The molecule has 0 amide bonds. The van der Waals surface area contributed by atoms with Crippen molar-refractivity contribution in [2.24, 2.45) is 21.7 Å². The van der Waals surface area contributed by atoms with Crippen LogP contribution in [0.1, 0.15) is 12.5 Å². The van der Waals surface area contributed by atoms with Gasteiger partial charge in [0.2, 0.25) is 5.96 Å². The Bertz CT molecular complexity index is 551. The molecule has 108 valence electrons. The first-order chi connectivity index (χ1) is 9.23. The molecule has 0 heterocycles. The smallest absolute Gasteiger partial charge is 0.300 e. The Kier molecular flexibility index (Phi) is 7.52. The number of nitro benzene ring substituents is 1. The van der Waals surface area contributed by atoms with Crippen LogP contribution in [0, 0.1) is 10.1 Å². The van der Waals surface area contributed by atoms with Gasteiger partial charge >= 0.3 is 0 Å². The number of aliphatic carboxylic acids is 1. The van der Waals surface area contributed by atoms with Gasteiger partial charge in [0.25, 0.3) is 11.7 Å². The van der Waals surface area contributed by atoms with Crippen molar-refractivity contribution in [2.75, 3.05) is 0 Å². The van der Waals surface area contributed by atoms with Gasteiger partial charge < -0.3 is 16.6 Å². The van der Waals surface area contributed by atoms with E-state index in [0.717, 1.165) is 6.92 Å². The zero-order valence-corrected chi connectivity index (χ0v) is 11.9. The fourth-order valence-electron chi connectivity index (χ4n) is 0.892. The lowest BCUT2D eigenvalue weighted by molar-refractivity contribution is -0.384. The van der Waals surface area contributed by atoms with E-state index in [4.69, 9.17) is 21.4 Å². The second-order valence-corrected chi connectivity index (χ2v) is 4.11. The third-order valence-electron chi connectivity index (χ3n) is 1.56.